The molecule has 2 atom stereocenters. The molecule has 0 aliphatic heterocycles. The molecule has 0 spiro atoms. The maximum atomic E-state index is 12.7. The molecule has 3 nitrogen and oxygen atoms in total. The van der Waals surface area contributed by atoms with Crippen LogP contribution in [0.25, 0.3) is 10.9 Å². The lowest BCUT2D eigenvalue weighted by Crippen LogP contribution is -2.33. The van der Waals surface area contributed by atoms with Gasteiger partial charge in [-0.05, 0) is 48.6 Å². The molecule has 0 radical (unpaired) electrons. The molecule has 2 N–H and O–H groups in total. The van der Waals surface area contributed by atoms with Crippen molar-refractivity contribution in [2.75, 3.05) is 0 Å². The van der Waals surface area contributed by atoms with Crippen LogP contribution in [-0.2, 0) is 11.2 Å². The van der Waals surface area contributed by atoms with Gasteiger partial charge in [0.15, 0.2) is 0 Å². The molecule has 1 amide bonds. The molecule has 0 aliphatic carbocycles. The third-order valence-electron chi connectivity index (χ3n) is 5.35. The van der Waals surface area contributed by atoms with E-state index in [0.717, 1.165) is 34.9 Å². The topological polar surface area (TPSA) is 44.9 Å². The van der Waals surface area contributed by atoms with Gasteiger partial charge in [0.25, 0.3) is 0 Å². The van der Waals surface area contributed by atoms with Crippen LogP contribution in [0.5, 0.6) is 0 Å². The van der Waals surface area contributed by atoms with Crippen LogP contribution in [0.3, 0.4) is 0 Å². The van der Waals surface area contributed by atoms with Crippen LogP contribution >= 0.6 is 23.2 Å². The number of rotatable bonds is 7. The van der Waals surface area contributed by atoms with Crippen molar-refractivity contribution in [3.63, 3.8) is 0 Å². The highest BCUT2D eigenvalue weighted by molar-refractivity contribution is 6.42. The molecule has 0 fully saturated rings. The molecule has 3 aromatic rings. The first kappa shape index (κ1) is 20.8. The number of aryl methyl sites for hydroxylation is 1. The normalized spacial score (nSPS) is 13.5. The van der Waals surface area contributed by atoms with Gasteiger partial charge in [0.2, 0.25) is 5.91 Å². The molecular weight excluding hydrogens is 391 g/mol. The maximum Gasteiger partial charge on any atom is 0.221 e. The highest BCUT2D eigenvalue weighted by Gasteiger charge is 2.23. The van der Waals surface area contributed by atoms with Gasteiger partial charge in [0.05, 0.1) is 10.0 Å². The zero-order valence-corrected chi connectivity index (χ0v) is 18.0. The van der Waals surface area contributed by atoms with Crippen molar-refractivity contribution in [1.29, 1.82) is 0 Å². The van der Waals surface area contributed by atoms with Gasteiger partial charge in [-0.25, -0.2) is 0 Å². The summed E-state index contributed by atoms with van der Waals surface area (Å²) in [6.07, 6.45) is 4.22. The second-order valence-electron chi connectivity index (χ2n) is 7.24. The van der Waals surface area contributed by atoms with E-state index in [1.807, 2.05) is 25.3 Å². The Balaban J connectivity index is 2.06. The van der Waals surface area contributed by atoms with E-state index in [1.54, 1.807) is 6.07 Å². The van der Waals surface area contributed by atoms with Crippen LogP contribution in [0.4, 0.5) is 0 Å². The number of para-hydroxylation sites is 1. The number of amides is 1. The molecule has 0 unspecified atom stereocenters. The monoisotopic (exact) mass is 416 g/mol. The van der Waals surface area contributed by atoms with E-state index in [1.165, 1.54) is 5.56 Å². The quantitative estimate of drug-likeness (QED) is 0.454. The summed E-state index contributed by atoms with van der Waals surface area (Å²) in [6.45, 7) is 6.23. The minimum Gasteiger partial charge on any atom is -0.361 e. The Labute approximate surface area is 176 Å². The zero-order chi connectivity index (χ0) is 20.3. The average molecular weight is 417 g/mol. The summed E-state index contributed by atoms with van der Waals surface area (Å²) < 4.78 is 0. The number of benzene rings is 2. The maximum absolute atomic E-state index is 12.7. The second kappa shape index (κ2) is 9.02. The van der Waals surface area contributed by atoms with E-state index < -0.39 is 0 Å². The van der Waals surface area contributed by atoms with Crippen LogP contribution in [-0.4, -0.2) is 16.9 Å². The molecular formula is C23H26Cl2N2O. The van der Waals surface area contributed by atoms with Gasteiger partial charge in [-0.15, -0.1) is 0 Å². The number of halogens is 2. The number of aromatic amines is 1. The van der Waals surface area contributed by atoms with Crippen molar-refractivity contribution in [3.8, 4) is 0 Å². The summed E-state index contributed by atoms with van der Waals surface area (Å²) >= 11 is 12.4. The van der Waals surface area contributed by atoms with Gasteiger partial charge in [-0.3, -0.25) is 4.79 Å². The van der Waals surface area contributed by atoms with Crippen LogP contribution < -0.4 is 5.32 Å². The number of fused-ring (bicyclic) bond motifs is 1. The predicted octanol–water partition coefficient (Wildman–Crippen LogP) is 6.47. The third-order valence-corrected chi connectivity index (χ3v) is 6.08. The van der Waals surface area contributed by atoms with E-state index in [2.05, 4.69) is 42.3 Å². The number of carbonyl (C=O) groups is 1. The Morgan fingerprint density at radius 1 is 1.14 bits per heavy atom. The highest BCUT2D eigenvalue weighted by atomic mass is 35.5. The number of H-pyrrole nitrogens is 1. The van der Waals surface area contributed by atoms with Crippen LogP contribution in [0.2, 0.25) is 10.0 Å². The molecule has 1 heterocycles. The van der Waals surface area contributed by atoms with E-state index in [4.69, 9.17) is 23.2 Å². The number of nitrogens with one attached hydrogen (secondary N) is 2. The Morgan fingerprint density at radius 2 is 1.93 bits per heavy atom. The Bertz CT molecular complexity index is 980. The van der Waals surface area contributed by atoms with Gasteiger partial charge in [-0.2, -0.15) is 0 Å². The fourth-order valence-electron chi connectivity index (χ4n) is 3.58. The Hall–Kier alpha value is -1.97. The van der Waals surface area contributed by atoms with Gasteiger partial charge in [-0.1, -0.05) is 61.3 Å². The predicted molar refractivity (Wildman–Crippen MR) is 118 cm³/mol. The van der Waals surface area contributed by atoms with Crippen LogP contribution in [0.15, 0.2) is 42.6 Å². The van der Waals surface area contributed by atoms with E-state index in [-0.39, 0.29) is 17.9 Å². The smallest absolute Gasteiger partial charge is 0.221 e. The van der Waals surface area contributed by atoms with Gasteiger partial charge in [0.1, 0.15) is 0 Å². The molecule has 0 saturated heterocycles. The molecule has 0 aliphatic rings. The molecule has 0 bridgehead atoms. The lowest BCUT2D eigenvalue weighted by atomic mass is 9.87. The van der Waals surface area contributed by atoms with E-state index in [0.29, 0.717) is 16.5 Å². The lowest BCUT2D eigenvalue weighted by Gasteiger charge is -2.19. The fraction of sp³-hybridized carbons (Fsp3) is 0.348. The highest BCUT2D eigenvalue weighted by Crippen LogP contribution is 2.36. The van der Waals surface area contributed by atoms with Crippen molar-refractivity contribution in [3.05, 3.63) is 69.3 Å². The van der Waals surface area contributed by atoms with Gasteiger partial charge < -0.3 is 10.3 Å². The minimum absolute atomic E-state index is 0.0337. The average Bonchev–Trinajstić information content (AvgIpc) is 3.12. The zero-order valence-electron chi connectivity index (χ0n) is 16.5. The Morgan fingerprint density at radius 3 is 2.61 bits per heavy atom. The van der Waals surface area contributed by atoms with Crippen molar-refractivity contribution in [1.82, 2.24) is 10.3 Å². The van der Waals surface area contributed by atoms with Crippen molar-refractivity contribution in [2.24, 2.45) is 0 Å². The van der Waals surface area contributed by atoms with E-state index in [9.17, 15) is 4.79 Å². The number of carbonyl (C=O) groups excluding carboxylic acids is 1. The fourth-order valence-corrected chi connectivity index (χ4v) is 3.89. The Kier molecular flexibility index (Phi) is 6.69. The van der Waals surface area contributed by atoms with E-state index >= 15 is 0 Å². The van der Waals surface area contributed by atoms with Gasteiger partial charge in [0, 0.05) is 35.5 Å². The molecule has 5 heteroatoms. The summed E-state index contributed by atoms with van der Waals surface area (Å²) in [7, 11) is 0. The molecule has 1 aromatic heterocycles. The van der Waals surface area contributed by atoms with Crippen molar-refractivity contribution in [2.45, 2.75) is 52.0 Å². The third kappa shape index (κ3) is 4.37. The summed E-state index contributed by atoms with van der Waals surface area (Å²) in [5.74, 6) is -0.0777. The summed E-state index contributed by atoms with van der Waals surface area (Å²) in [5.41, 5.74) is 4.48. The number of aromatic nitrogens is 1. The molecule has 2 aromatic carbocycles. The standard InChI is InChI=1S/C23H26Cl2N2O/c1-4-14(3)27-22(28)12-18(16-9-10-20(24)21(25)11-16)19-13-26-23-15(5-2)7-6-8-17(19)23/h6-11,13-14,18,26H,4-5,12H2,1-3H3,(H,27,28)/t14-,18-/m1/s1. The molecule has 28 heavy (non-hydrogen) atoms. The summed E-state index contributed by atoms with van der Waals surface area (Å²) in [4.78, 5) is 16.1. The lowest BCUT2D eigenvalue weighted by molar-refractivity contribution is -0.121. The largest absolute Gasteiger partial charge is 0.361 e. The molecule has 3 rings (SSSR count). The molecule has 0 saturated carbocycles. The SMILES string of the molecule is CCc1cccc2c([C@H](CC(=O)N[C@H](C)CC)c3ccc(Cl)c(Cl)c3)c[nH]c12. The second-order valence-corrected chi connectivity index (χ2v) is 8.06. The first-order valence-corrected chi connectivity index (χ1v) is 10.5. The van der Waals surface area contributed by atoms with Crippen molar-refractivity contribution < 1.29 is 4.79 Å². The minimum atomic E-state index is -0.111. The summed E-state index contributed by atoms with van der Waals surface area (Å²) in [6, 6.07) is 12.1. The van der Waals surface area contributed by atoms with Crippen LogP contribution in [0, 0.1) is 0 Å². The summed E-state index contributed by atoms with van der Waals surface area (Å²) in [5, 5.41) is 5.24. The molecule has 148 valence electrons. The first-order chi connectivity index (χ1) is 13.4. The van der Waals surface area contributed by atoms with Crippen molar-refractivity contribution >= 4 is 40.0 Å². The van der Waals surface area contributed by atoms with Crippen LogP contribution in [0.1, 0.15) is 56.2 Å². The number of hydrogen-bond donors (Lipinski definition) is 2. The van der Waals surface area contributed by atoms with Gasteiger partial charge >= 0.3 is 0 Å². The first-order valence-electron chi connectivity index (χ1n) is 9.77. The number of hydrogen-bond acceptors (Lipinski definition) is 1.